The van der Waals surface area contributed by atoms with Crippen LogP contribution in [0, 0.1) is 6.92 Å². The van der Waals surface area contributed by atoms with Gasteiger partial charge in [0, 0.05) is 23.2 Å². The van der Waals surface area contributed by atoms with E-state index in [1.807, 2.05) is 36.6 Å². The summed E-state index contributed by atoms with van der Waals surface area (Å²) in [5, 5.41) is 16.8. The molecule has 0 unspecified atom stereocenters. The SMILES string of the molecule is Cc1nc(-c2ccc(NC(=O)NCCO)cc2)cs1. The quantitative estimate of drug-likeness (QED) is 0.802. The summed E-state index contributed by atoms with van der Waals surface area (Å²) in [5.41, 5.74) is 2.66. The number of nitrogens with one attached hydrogen (secondary N) is 2. The van der Waals surface area contributed by atoms with Gasteiger partial charge in [-0.2, -0.15) is 0 Å². The average Bonchev–Trinajstić information content (AvgIpc) is 2.84. The third kappa shape index (κ3) is 3.77. The summed E-state index contributed by atoms with van der Waals surface area (Å²) in [6, 6.07) is 7.14. The standard InChI is InChI=1S/C13H15N3O2S/c1-9-15-12(8-19-9)10-2-4-11(5-3-10)16-13(18)14-6-7-17/h2-5,8,17H,6-7H2,1H3,(H2,14,16,18). The molecule has 2 rings (SSSR count). The third-order valence-electron chi connectivity index (χ3n) is 2.45. The Morgan fingerprint density at radius 3 is 2.68 bits per heavy atom. The molecule has 1 heterocycles. The highest BCUT2D eigenvalue weighted by Crippen LogP contribution is 2.22. The van der Waals surface area contributed by atoms with E-state index in [0.29, 0.717) is 5.69 Å². The zero-order valence-electron chi connectivity index (χ0n) is 10.5. The molecule has 0 saturated heterocycles. The summed E-state index contributed by atoms with van der Waals surface area (Å²) in [5.74, 6) is 0. The van der Waals surface area contributed by atoms with Crippen LogP contribution in [0.4, 0.5) is 10.5 Å². The van der Waals surface area contributed by atoms with Gasteiger partial charge < -0.3 is 15.7 Å². The molecule has 0 bridgehead atoms. The molecule has 0 aliphatic heterocycles. The van der Waals surface area contributed by atoms with Crippen molar-refractivity contribution in [1.29, 1.82) is 0 Å². The first-order valence-corrected chi connectivity index (χ1v) is 6.75. The number of carbonyl (C=O) groups is 1. The van der Waals surface area contributed by atoms with E-state index in [9.17, 15) is 4.79 Å². The Kier molecular flexibility index (Phi) is 4.48. The van der Waals surface area contributed by atoms with Crippen LogP contribution < -0.4 is 10.6 Å². The van der Waals surface area contributed by atoms with Crippen molar-refractivity contribution in [1.82, 2.24) is 10.3 Å². The summed E-state index contributed by atoms with van der Waals surface area (Å²) in [6.45, 7) is 2.13. The van der Waals surface area contributed by atoms with Gasteiger partial charge in [-0.3, -0.25) is 0 Å². The Morgan fingerprint density at radius 2 is 2.11 bits per heavy atom. The van der Waals surface area contributed by atoms with Gasteiger partial charge in [0.1, 0.15) is 0 Å². The van der Waals surface area contributed by atoms with E-state index in [0.717, 1.165) is 16.3 Å². The van der Waals surface area contributed by atoms with Crippen molar-refractivity contribution in [2.75, 3.05) is 18.5 Å². The van der Waals surface area contributed by atoms with Crippen LogP contribution in [-0.4, -0.2) is 29.3 Å². The van der Waals surface area contributed by atoms with E-state index < -0.39 is 0 Å². The zero-order valence-corrected chi connectivity index (χ0v) is 11.3. The first-order valence-electron chi connectivity index (χ1n) is 5.87. The van der Waals surface area contributed by atoms with Crippen LogP contribution >= 0.6 is 11.3 Å². The molecule has 0 radical (unpaired) electrons. The number of rotatable bonds is 4. The Balaban J connectivity index is 2.00. The third-order valence-corrected chi connectivity index (χ3v) is 3.23. The molecule has 0 atom stereocenters. The van der Waals surface area contributed by atoms with Crippen LogP contribution in [0.1, 0.15) is 5.01 Å². The largest absolute Gasteiger partial charge is 0.395 e. The number of aliphatic hydroxyl groups excluding tert-OH is 1. The molecule has 0 aliphatic rings. The van der Waals surface area contributed by atoms with Crippen LogP contribution in [0.5, 0.6) is 0 Å². The molecular formula is C13H15N3O2S. The lowest BCUT2D eigenvalue weighted by molar-refractivity contribution is 0.245. The number of nitrogens with zero attached hydrogens (tertiary/aromatic N) is 1. The van der Waals surface area contributed by atoms with Crippen LogP contribution in [0.2, 0.25) is 0 Å². The molecular weight excluding hydrogens is 262 g/mol. The van der Waals surface area contributed by atoms with E-state index >= 15 is 0 Å². The molecule has 0 spiro atoms. The maximum atomic E-state index is 11.4. The summed E-state index contributed by atoms with van der Waals surface area (Å²) in [4.78, 5) is 15.8. The Bertz CT molecular complexity index is 551. The summed E-state index contributed by atoms with van der Waals surface area (Å²) >= 11 is 1.61. The van der Waals surface area contributed by atoms with E-state index in [4.69, 9.17) is 5.11 Å². The average molecular weight is 277 g/mol. The highest BCUT2D eigenvalue weighted by Gasteiger charge is 2.03. The molecule has 19 heavy (non-hydrogen) atoms. The number of hydrogen-bond donors (Lipinski definition) is 3. The molecule has 2 aromatic rings. The Hall–Kier alpha value is -1.92. The van der Waals surface area contributed by atoms with Crippen molar-refractivity contribution >= 4 is 23.1 Å². The van der Waals surface area contributed by atoms with Gasteiger partial charge >= 0.3 is 6.03 Å². The molecule has 0 aliphatic carbocycles. The predicted octanol–water partition coefficient (Wildman–Crippen LogP) is 2.23. The van der Waals surface area contributed by atoms with E-state index in [1.165, 1.54) is 0 Å². The predicted molar refractivity (Wildman–Crippen MR) is 76.4 cm³/mol. The number of benzene rings is 1. The second-order valence-corrected chi connectivity index (χ2v) is 5.00. The van der Waals surface area contributed by atoms with Gasteiger partial charge in [-0.25, -0.2) is 9.78 Å². The van der Waals surface area contributed by atoms with E-state index in [-0.39, 0.29) is 19.2 Å². The van der Waals surface area contributed by atoms with Crippen molar-refractivity contribution in [3.63, 3.8) is 0 Å². The van der Waals surface area contributed by atoms with Gasteiger partial charge in [-0.05, 0) is 19.1 Å². The number of anilines is 1. The Morgan fingerprint density at radius 1 is 1.37 bits per heavy atom. The number of carbonyl (C=O) groups excluding carboxylic acids is 1. The van der Waals surface area contributed by atoms with Gasteiger partial charge in [0.2, 0.25) is 0 Å². The molecule has 3 N–H and O–H groups in total. The van der Waals surface area contributed by atoms with Crippen LogP contribution in [-0.2, 0) is 0 Å². The number of urea groups is 1. The second kappa shape index (κ2) is 6.31. The smallest absolute Gasteiger partial charge is 0.319 e. The maximum absolute atomic E-state index is 11.4. The number of aryl methyl sites for hydroxylation is 1. The van der Waals surface area contributed by atoms with Crippen molar-refractivity contribution in [3.05, 3.63) is 34.7 Å². The van der Waals surface area contributed by atoms with Gasteiger partial charge in [0.15, 0.2) is 0 Å². The van der Waals surface area contributed by atoms with Crippen LogP contribution in [0.15, 0.2) is 29.6 Å². The fourth-order valence-electron chi connectivity index (χ4n) is 1.57. The molecule has 1 aromatic carbocycles. The fourth-order valence-corrected chi connectivity index (χ4v) is 2.19. The first-order chi connectivity index (χ1) is 9.19. The monoisotopic (exact) mass is 277 g/mol. The lowest BCUT2D eigenvalue weighted by Gasteiger charge is -2.06. The van der Waals surface area contributed by atoms with Gasteiger partial charge in [0.05, 0.1) is 17.3 Å². The lowest BCUT2D eigenvalue weighted by atomic mass is 10.1. The Labute approximate surface area is 115 Å². The normalized spacial score (nSPS) is 10.2. The number of aliphatic hydroxyl groups is 1. The highest BCUT2D eigenvalue weighted by atomic mass is 32.1. The minimum absolute atomic E-state index is 0.0739. The van der Waals surface area contributed by atoms with Gasteiger partial charge in [-0.15, -0.1) is 11.3 Å². The van der Waals surface area contributed by atoms with Crippen molar-refractivity contribution < 1.29 is 9.90 Å². The number of hydrogen-bond acceptors (Lipinski definition) is 4. The summed E-state index contributed by atoms with van der Waals surface area (Å²) in [7, 11) is 0. The molecule has 6 heteroatoms. The molecule has 0 fully saturated rings. The highest BCUT2D eigenvalue weighted by molar-refractivity contribution is 7.09. The first kappa shape index (κ1) is 13.5. The van der Waals surface area contributed by atoms with Crippen molar-refractivity contribution in [3.8, 4) is 11.3 Å². The lowest BCUT2D eigenvalue weighted by Crippen LogP contribution is -2.30. The number of amides is 2. The second-order valence-electron chi connectivity index (χ2n) is 3.93. The molecule has 5 nitrogen and oxygen atoms in total. The zero-order chi connectivity index (χ0) is 13.7. The molecule has 2 amide bonds. The topological polar surface area (TPSA) is 74.2 Å². The summed E-state index contributed by atoms with van der Waals surface area (Å²) < 4.78 is 0. The fraction of sp³-hybridized carbons (Fsp3) is 0.231. The van der Waals surface area contributed by atoms with Crippen molar-refractivity contribution in [2.45, 2.75) is 6.92 Å². The van der Waals surface area contributed by atoms with Gasteiger partial charge in [0.25, 0.3) is 0 Å². The molecule has 1 aromatic heterocycles. The minimum Gasteiger partial charge on any atom is -0.395 e. The van der Waals surface area contributed by atoms with Crippen LogP contribution in [0.25, 0.3) is 11.3 Å². The molecule has 0 saturated carbocycles. The number of thiazole rings is 1. The van der Waals surface area contributed by atoms with Crippen LogP contribution in [0.3, 0.4) is 0 Å². The van der Waals surface area contributed by atoms with Gasteiger partial charge in [-0.1, -0.05) is 12.1 Å². The molecule has 100 valence electrons. The van der Waals surface area contributed by atoms with E-state index in [2.05, 4.69) is 15.6 Å². The summed E-state index contributed by atoms with van der Waals surface area (Å²) in [6.07, 6.45) is 0. The minimum atomic E-state index is -0.327. The maximum Gasteiger partial charge on any atom is 0.319 e. The van der Waals surface area contributed by atoms with E-state index in [1.54, 1.807) is 11.3 Å². The van der Waals surface area contributed by atoms with Crippen molar-refractivity contribution in [2.24, 2.45) is 0 Å². The number of aromatic nitrogens is 1.